The van der Waals surface area contributed by atoms with Crippen LogP contribution in [0.2, 0.25) is 0 Å². The third-order valence-corrected chi connectivity index (χ3v) is 5.71. The molecule has 0 unspecified atom stereocenters. The van der Waals surface area contributed by atoms with Gasteiger partial charge in [-0.1, -0.05) is 18.2 Å². The summed E-state index contributed by atoms with van der Waals surface area (Å²) in [5, 5.41) is 12.1. The molecule has 1 fully saturated rings. The summed E-state index contributed by atoms with van der Waals surface area (Å²) in [6, 6.07) is 5.15. The summed E-state index contributed by atoms with van der Waals surface area (Å²) in [5.74, 6) is -0.571. The average molecular weight is 444 g/mol. The molecule has 32 heavy (non-hydrogen) atoms. The number of anilines is 2. The zero-order chi connectivity index (χ0) is 23.0. The lowest BCUT2D eigenvalue weighted by Crippen LogP contribution is -2.48. The van der Waals surface area contributed by atoms with E-state index in [2.05, 4.69) is 20.5 Å². The molecule has 1 aliphatic heterocycles. The Kier molecular flexibility index (Phi) is 5.86. The van der Waals surface area contributed by atoms with Gasteiger partial charge >= 0.3 is 0 Å². The number of benzene rings is 1. The van der Waals surface area contributed by atoms with Crippen molar-refractivity contribution in [1.82, 2.24) is 20.1 Å². The molecular formula is C22H23F3N6O. The average Bonchev–Trinajstić information content (AvgIpc) is 2.77. The Balaban J connectivity index is 1.69. The Morgan fingerprint density at radius 2 is 1.91 bits per heavy atom. The van der Waals surface area contributed by atoms with E-state index in [1.54, 1.807) is 32.0 Å². The van der Waals surface area contributed by atoms with Gasteiger partial charge in [-0.05, 0) is 19.9 Å². The molecule has 1 atom stereocenters. The SMILES string of the molecule is Cc1nnc(N[C@H](C)c2cccc(C(F)F)c2F)c2cc(N3CCN(C)C(=O)C3)cnc12. The molecule has 3 heterocycles. The summed E-state index contributed by atoms with van der Waals surface area (Å²) in [4.78, 5) is 20.2. The largest absolute Gasteiger partial charge is 0.361 e. The van der Waals surface area contributed by atoms with E-state index in [1.807, 2.05) is 11.0 Å². The first-order valence-electron chi connectivity index (χ1n) is 10.2. The third kappa shape index (κ3) is 4.04. The van der Waals surface area contributed by atoms with Gasteiger partial charge in [-0.25, -0.2) is 13.2 Å². The molecule has 7 nitrogen and oxygen atoms in total. The summed E-state index contributed by atoms with van der Waals surface area (Å²) < 4.78 is 40.8. The lowest BCUT2D eigenvalue weighted by molar-refractivity contribution is -0.129. The Labute approximate surface area is 183 Å². The summed E-state index contributed by atoms with van der Waals surface area (Å²) in [6.07, 6.45) is -1.21. The number of fused-ring (bicyclic) bond motifs is 1. The standard InChI is InChI=1S/C22H23F3N6O/c1-12(15-5-4-6-16(19(15)23)21(24)25)27-22-17-9-14(10-26-20(17)13(2)28-29-22)31-8-7-30(3)18(32)11-31/h4-6,9-10,12,21H,7-8,11H2,1-3H3,(H,27,29)/t12-/m1/s1. The van der Waals surface area contributed by atoms with Gasteiger partial charge in [0.15, 0.2) is 5.82 Å². The molecule has 1 amide bonds. The van der Waals surface area contributed by atoms with Crippen molar-refractivity contribution in [1.29, 1.82) is 0 Å². The highest BCUT2D eigenvalue weighted by atomic mass is 19.3. The van der Waals surface area contributed by atoms with Crippen LogP contribution in [0.5, 0.6) is 0 Å². The highest BCUT2D eigenvalue weighted by molar-refractivity contribution is 5.93. The minimum atomic E-state index is -2.90. The summed E-state index contributed by atoms with van der Waals surface area (Å²) in [6.45, 7) is 4.95. The van der Waals surface area contributed by atoms with E-state index in [1.165, 1.54) is 12.1 Å². The van der Waals surface area contributed by atoms with E-state index in [-0.39, 0.29) is 18.0 Å². The summed E-state index contributed by atoms with van der Waals surface area (Å²) in [7, 11) is 1.77. The van der Waals surface area contributed by atoms with Crippen LogP contribution in [0.25, 0.3) is 10.9 Å². The Bertz CT molecular complexity index is 1170. The van der Waals surface area contributed by atoms with Crippen molar-refractivity contribution in [2.75, 3.05) is 36.9 Å². The number of nitrogens with zero attached hydrogens (tertiary/aromatic N) is 5. The number of aromatic nitrogens is 3. The molecule has 0 spiro atoms. The van der Waals surface area contributed by atoms with Gasteiger partial charge in [0.2, 0.25) is 5.91 Å². The summed E-state index contributed by atoms with van der Waals surface area (Å²) >= 11 is 0. The molecule has 0 aliphatic carbocycles. The van der Waals surface area contributed by atoms with Crippen LogP contribution in [0, 0.1) is 12.7 Å². The van der Waals surface area contributed by atoms with E-state index >= 15 is 0 Å². The normalized spacial score (nSPS) is 15.5. The number of amides is 1. The van der Waals surface area contributed by atoms with E-state index < -0.39 is 23.8 Å². The fraction of sp³-hybridized carbons (Fsp3) is 0.364. The quantitative estimate of drug-likeness (QED) is 0.644. The smallest absolute Gasteiger partial charge is 0.266 e. The van der Waals surface area contributed by atoms with Crippen LogP contribution in [-0.2, 0) is 4.79 Å². The van der Waals surface area contributed by atoms with E-state index in [9.17, 15) is 18.0 Å². The molecular weight excluding hydrogens is 421 g/mol. The van der Waals surface area contributed by atoms with Crippen LogP contribution in [0.15, 0.2) is 30.5 Å². The molecule has 168 valence electrons. The number of halogens is 3. The van der Waals surface area contributed by atoms with Crippen molar-refractivity contribution in [3.63, 3.8) is 0 Å². The number of alkyl halides is 2. The molecule has 2 aromatic heterocycles. The number of nitrogens with one attached hydrogen (secondary N) is 1. The number of pyridine rings is 1. The fourth-order valence-electron chi connectivity index (χ4n) is 3.76. The van der Waals surface area contributed by atoms with Crippen LogP contribution in [0.1, 0.15) is 36.2 Å². The van der Waals surface area contributed by atoms with Crippen LogP contribution >= 0.6 is 0 Å². The van der Waals surface area contributed by atoms with Crippen molar-refractivity contribution in [3.05, 3.63) is 53.1 Å². The first-order valence-corrected chi connectivity index (χ1v) is 10.2. The van der Waals surface area contributed by atoms with Gasteiger partial charge in [0.1, 0.15) is 5.82 Å². The van der Waals surface area contributed by atoms with E-state index in [4.69, 9.17) is 0 Å². The Hall–Kier alpha value is -3.43. The van der Waals surface area contributed by atoms with Crippen molar-refractivity contribution in [2.24, 2.45) is 0 Å². The zero-order valence-electron chi connectivity index (χ0n) is 17.9. The van der Waals surface area contributed by atoms with E-state index in [0.29, 0.717) is 35.5 Å². The topological polar surface area (TPSA) is 74.2 Å². The minimum Gasteiger partial charge on any atom is -0.361 e. The first kappa shape index (κ1) is 21.8. The molecule has 4 rings (SSSR count). The molecule has 0 bridgehead atoms. The second-order valence-electron chi connectivity index (χ2n) is 7.88. The van der Waals surface area contributed by atoms with Gasteiger partial charge in [0.05, 0.1) is 41.2 Å². The van der Waals surface area contributed by atoms with Gasteiger partial charge in [-0.2, -0.15) is 5.10 Å². The van der Waals surface area contributed by atoms with Gasteiger partial charge in [-0.15, -0.1) is 5.10 Å². The number of hydrogen-bond donors (Lipinski definition) is 1. The fourth-order valence-corrected chi connectivity index (χ4v) is 3.76. The van der Waals surface area contributed by atoms with Crippen molar-refractivity contribution < 1.29 is 18.0 Å². The molecule has 0 saturated carbocycles. The van der Waals surface area contributed by atoms with Crippen molar-refractivity contribution in [2.45, 2.75) is 26.3 Å². The lowest BCUT2D eigenvalue weighted by atomic mass is 10.0. The maximum Gasteiger partial charge on any atom is 0.266 e. The predicted octanol–water partition coefficient (Wildman–Crippen LogP) is 3.86. The monoisotopic (exact) mass is 444 g/mol. The van der Waals surface area contributed by atoms with Crippen LogP contribution < -0.4 is 10.2 Å². The Morgan fingerprint density at radius 3 is 2.62 bits per heavy atom. The first-order chi connectivity index (χ1) is 15.3. The minimum absolute atomic E-state index is 0.0155. The Morgan fingerprint density at radius 1 is 1.16 bits per heavy atom. The van der Waals surface area contributed by atoms with Gasteiger partial charge < -0.3 is 15.1 Å². The second kappa shape index (κ2) is 8.60. The van der Waals surface area contributed by atoms with Gasteiger partial charge in [0.25, 0.3) is 6.43 Å². The van der Waals surface area contributed by atoms with Crippen LogP contribution in [0.4, 0.5) is 24.7 Å². The number of rotatable bonds is 5. The molecule has 1 aromatic carbocycles. The molecule has 1 aliphatic rings. The zero-order valence-corrected chi connectivity index (χ0v) is 17.9. The van der Waals surface area contributed by atoms with Crippen molar-refractivity contribution in [3.8, 4) is 0 Å². The van der Waals surface area contributed by atoms with Gasteiger partial charge in [-0.3, -0.25) is 9.78 Å². The summed E-state index contributed by atoms with van der Waals surface area (Å²) in [5.41, 5.74) is 1.45. The number of likely N-dealkylation sites (N-methyl/N-ethyl adjacent to an activating group) is 1. The molecule has 0 radical (unpaired) electrons. The molecule has 1 N–H and O–H groups in total. The highest BCUT2D eigenvalue weighted by Crippen LogP contribution is 2.31. The lowest BCUT2D eigenvalue weighted by Gasteiger charge is -2.33. The number of hydrogen-bond acceptors (Lipinski definition) is 6. The second-order valence-corrected chi connectivity index (χ2v) is 7.88. The molecule has 10 heteroatoms. The van der Waals surface area contributed by atoms with Crippen LogP contribution in [0.3, 0.4) is 0 Å². The third-order valence-electron chi connectivity index (χ3n) is 5.71. The maximum atomic E-state index is 14.6. The van der Waals surface area contributed by atoms with Crippen molar-refractivity contribution >= 4 is 28.3 Å². The maximum absolute atomic E-state index is 14.6. The van der Waals surface area contributed by atoms with E-state index in [0.717, 1.165) is 11.8 Å². The van der Waals surface area contributed by atoms with Crippen LogP contribution in [-0.4, -0.2) is 52.7 Å². The number of aryl methyl sites for hydroxylation is 1. The highest BCUT2D eigenvalue weighted by Gasteiger charge is 2.23. The number of piperazine rings is 1. The molecule has 3 aromatic rings. The number of carbonyl (C=O) groups excluding carboxylic acids is 1. The number of carbonyl (C=O) groups is 1. The van der Waals surface area contributed by atoms with Gasteiger partial charge in [0, 0.05) is 31.1 Å². The molecule has 1 saturated heterocycles. The predicted molar refractivity (Wildman–Crippen MR) is 115 cm³/mol.